The van der Waals surface area contributed by atoms with Gasteiger partial charge in [-0.3, -0.25) is 4.79 Å². The summed E-state index contributed by atoms with van der Waals surface area (Å²) in [5.74, 6) is 1.22. The SMILES string of the molecule is CCOc1ccc(NC(=O)Cc2sc(Cc3cccc4ccccc34)nc2C)cc1OCC. The van der Waals surface area contributed by atoms with E-state index in [0.717, 1.165) is 22.0 Å². The average molecular weight is 461 g/mol. The van der Waals surface area contributed by atoms with E-state index in [9.17, 15) is 4.79 Å². The van der Waals surface area contributed by atoms with Gasteiger partial charge in [0.1, 0.15) is 0 Å². The predicted molar refractivity (Wildman–Crippen MR) is 135 cm³/mol. The first-order valence-electron chi connectivity index (χ1n) is 11.2. The number of hydrogen-bond acceptors (Lipinski definition) is 5. The number of carbonyl (C=O) groups is 1. The maximum absolute atomic E-state index is 12.8. The number of nitrogens with zero attached hydrogens (tertiary/aromatic N) is 1. The van der Waals surface area contributed by atoms with E-state index < -0.39 is 0 Å². The van der Waals surface area contributed by atoms with Crippen LogP contribution in [-0.4, -0.2) is 24.1 Å². The van der Waals surface area contributed by atoms with Crippen molar-refractivity contribution in [2.24, 2.45) is 0 Å². The number of benzene rings is 3. The third-order valence-corrected chi connectivity index (χ3v) is 6.46. The van der Waals surface area contributed by atoms with Crippen LogP contribution >= 0.6 is 11.3 Å². The Morgan fingerprint density at radius 1 is 0.970 bits per heavy atom. The van der Waals surface area contributed by atoms with Gasteiger partial charge in [-0.25, -0.2) is 4.98 Å². The minimum absolute atomic E-state index is 0.0786. The fraction of sp³-hybridized carbons (Fsp3) is 0.259. The Labute approximate surface area is 198 Å². The number of amides is 1. The van der Waals surface area contributed by atoms with Crippen molar-refractivity contribution >= 4 is 33.7 Å². The van der Waals surface area contributed by atoms with Crippen LogP contribution in [0.3, 0.4) is 0 Å². The summed E-state index contributed by atoms with van der Waals surface area (Å²) in [5, 5.41) is 6.46. The monoisotopic (exact) mass is 460 g/mol. The minimum Gasteiger partial charge on any atom is -0.490 e. The van der Waals surface area contributed by atoms with Gasteiger partial charge >= 0.3 is 0 Å². The Morgan fingerprint density at radius 2 is 1.73 bits per heavy atom. The molecular formula is C27H28N2O3S. The Morgan fingerprint density at radius 3 is 2.55 bits per heavy atom. The van der Waals surface area contributed by atoms with Crippen LogP contribution in [0.4, 0.5) is 5.69 Å². The van der Waals surface area contributed by atoms with Crippen molar-refractivity contribution in [3.8, 4) is 11.5 Å². The molecule has 0 aliphatic carbocycles. The fourth-order valence-corrected chi connectivity index (χ4v) is 4.91. The highest BCUT2D eigenvalue weighted by atomic mass is 32.1. The maximum atomic E-state index is 12.8. The molecule has 0 spiro atoms. The quantitative estimate of drug-likeness (QED) is 0.324. The Bertz CT molecular complexity index is 1260. The van der Waals surface area contributed by atoms with Crippen molar-refractivity contribution in [3.63, 3.8) is 0 Å². The molecule has 0 radical (unpaired) electrons. The molecule has 33 heavy (non-hydrogen) atoms. The van der Waals surface area contributed by atoms with Crippen LogP contribution < -0.4 is 14.8 Å². The van der Waals surface area contributed by atoms with E-state index in [2.05, 4.69) is 47.8 Å². The van der Waals surface area contributed by atoms with E-state index >= 15 is 0 Å². The van der Waals surface area contributed by atoms with Crippen LogP contribution in [0.5, 0.6) is 11.5 Å². The molecule has 1 N–H and O–H groups in total. The summed E-state index contributed by atoms with van der Waals surface area (Å²) in [7, 11) is 0. The van der Waals surface area contributed by atoms with E-state index in [4.69, 9.17) is 14.5 Å². The van der Waals surface area contributed by atoms with Crippen molar-refractivity contribution in [2.75, 3.05) is 18.5 Å². The van der Waals surface area contributed by atoms with Gasteiger partial charge in [0.2, 0.25) is 5.91 Å². The van der Waals surface area contributed by atoms with E-state index in [-0.39, 0.29) is 12.3 Å². The molecule has 170 valence electrons. The molecule has 0 aliphatic heterocycles. The molecule has 0 bridgehead atoms. The lowest BCUT2D eigenvalue weighted by atomic mass is 10.0. The summed E-state index contributed by atoms with van der Waals surface area (Å²) in [6, 6.07) is 20.2. The average Bonchev–Trinajstić information content (AvgIpc) is 3.14. The van der Waals surface area contributed by atoms with Gasteiger partial charge in [-0.15, -0.1) is 11.3 Å². The second-order valence-corrected chi connectivity index (χ2v) is 8.85. The summed E-state index contributed by atoms with van der Waals surface area (Å²) >= 11 is 1.61. The zero-order valence-electron chi connectivity index (χ0n) is 19.2. The lowest BCUT2D eigenvalue weighted by Gasteiger charge is -2.13. The molecule has 0 aliphatic rings. The van der Waals surface area contributed by atoms with Crippen LogP contribution in [0.2, 0.25) is 0 Å². The van der Waals surface area contributed by atoms with Gasteiger partial charge in [-0.05, 0) is 49.2 Å². The molecule has 1 amide bonds. The molecule has 0 unspecified atom stereocenters. The van der Waals surface area contributed by atoms with Crippen LogP contribution in [0.25, 0.3) is 10.8 Å². The predicted octanol–water partition coefficient (Wildman–Crippen LogP) is 6.17. The molecule has 6 heteroatoms. The summed E-state index contributed by atoms with van der Waals surface area (Å²) in [6.45, 7) is 6.89. The smallest absolute Gasteiger partial charge is 0.229 e. The molecular weight excluding hydrogens is 432 g/mol. The number of thiazole rings is 1. The van der Waals surface area contributed by atoms with Gasteiger partial charge in [0.05, 0.1) is 30.3 Å². The zero-order chi connectivity index (χ0) is 23.2. The first-order chi connectivity index (χ1) is 16.1. The van der Waals surface area contributed by atoms with Gasteiger partial charge in [-0.1, -0.05) is 42.5 Å². The van der Waals surface area contributed by atoms with Gasteiger partial charge in [0.25, 0.3) is 0 Å². The van der Waals surface area contributed by atoms with Crippen molar-refractivity contribution in [1.29, 1.82) is 0 Å². The summed E-state index contributed by atoms with van der Waals surface area (Å²) < 4.78 is 11.3. The highest BCUT2D eigenvalue weighted by molar-refractivity contribution is 7.11. The van der Waals surface area contributed by atoms with E-state index in [1.807, 2.05) is 32.9 Å². The second kappa shape index (κ2) is 10.5. The first-order valence-corrected chi connectivity index (χ1v) is 12.0. The Hall–Kier alpha value is -3.38. The topological polar surface area (TPSA) is 60.5 Å². The second-order valence-electron chi connectivity index (χ2n) is 7.68. The molecule has 0 saturated carbocycles. The summed E-state index contributed by atoms with van der Waals surface area (Å²) in [6.07, 6.45) is 1.04. The number of nitrogens with one attached hydrogen (secondary N) is 1. The van der Waals surface area contributed by atoms with Gasteiger partial charge in [0.15, 0.2) is 11.5 Å². The first kappa shape index (κ1) is 22.8. The largest absolute Gasteiger partial charge is 0.490 e. The van der Waals surface area contributed by atoms with Crippen molar-refractivity contribution in [1.82, 2.24) is 4.98 Å². The number of rotatable bonds is 9. The molecule has 5 nitrogen and oxygen atoms in total. The standard InChI is InChI=1S/C27H28N2O3S/c1-4-31-23-14-13-21(16-24(23)32-5-2)29-26(30)17-25-18(3)28-27(33-25)15-20-11-8-10-19-9-6-7-12-22(19)20/h6-14,16H,4-5,15,17H2,1-3H3,(H,29,30). The highest BCUT2D eigenvalue weighted by Crippen LogP contribution is 2.31. The molecule has 0 atom stereocenters. The van der Waals surface area contributed by atoms with Crippen molar-refractivity contribution < 1.29 is 14.3 Å². The lowest BCUT2D eigenvalue weighted by molar-refractivity contribution is -0.115. The number of fused-ring (bicyclic) bond motifs is 1. The third kappa shape index (κ3) is 5.52. The molecule has 1 heterocycles. The van der Waals surface area contributed by atoms with Crippen LogP contribution in [-0.2, 0) is 17.6 Å². The number of aryl methyl sites for hydroxylation is 1. The van der Waals surface area contributed by atoms with Crippen LogP contribution in [0, 0.1) is 6.92 Å². The molecule has 1 aromatic heterocycles. The van der Waals surface area contributed by atoms with Crippen molar-refractivity contribution in [2.45, 2.75) is 33.6 Å². The molecule has 4 aromatic rings. The maximum Gasteiger partial charge on any atom is 0.229 e. The van der Waals surface area contributed by atoms with Crippen LogP contribution in [0.15, 0.2) is 60.7 Å². The zero-order valence-corrected chi connectivity index (χ0v) is 20.0. The van der Waals surface area contributed by atoms with Crippen LogP contribution in [0.1, 0.15) is 35.0 Å². The molecule has 0 fully saturated rings. The van der Waals surface area contributed by atoms with E-state index in [1.54, 1.807) is 17.4 Å². The van der Waals surface area contributed by atoms with Gasteiger partial charge in [0, 0.05) is 23.1 Å². The lowest BCUT2D eigenvalue weighted by Crippen LogP contribution is -2.14. The molecule has 3 aromatic carbocycles. The number of hydrogen-bond donors (Lipinski definition) is 1. The molecule has 4 rings (SSSR count). The van der Waals surface area contributed by atoms with E-state index in [1.165, 1.54) is 16.3 Å². The number of carbonyl (C=O) groups excluding carboxylic acids is 1. The van der Waals surface area contributed by atoms with Gasteiger partial charge in [-0.2, -0.15) is 0 Å². The summed E-state index contributed by atoms with van der Waals surface area (Å²) in [4.78, 5) is 18.5. The number of aromatic nitrogens is 1. The minimum atomic E-state index is -0.0786. The highest BCUT2D eigenvalue weighted by Gasteiger charge is 2.14. The van der Waals surface area contributed by atoms with Crippen molar-refractivity contribution in [3.05, 3.63) is 81.8 Å². The van der Waals surface area contributed by atoms with E-state index in [0.29, 0.717) is 30.4 Å². The van der Waals surface area contributed by atoms with Gasteiger partial charge < -0.3 is 14.8 Å². The third-order valence-electron chi connectivity index (χ3n) is 5.31. The molecule has 0 saturated heterocycles. The Kier molecular flexibility index (Phi) is 7.25. The normalized spacial score (nSPS) is 10.9. The fourth-order valence-electron chi connectivity index (χ4n) is 3.82. The number of ether oxygens (including phenoxy) is 2. The Balaban J connectivity index is 1.45. The number of anilines is 1. The summed E-state index contributed by atoms with van der Waals surface area (Å²) in [5.41, 5.74) is 2.84.